The lowest BCUT2D eigenvalue weighted by atomic mass is 9.82. The quantitative estimate of drug-likeness (QED) is 0.590. The first-order chi connectivity index (χ1) is 13.5. The Morgan fingerprint density at radius 3 is 2.54 bits per heavy atom. The Labute approximate surface area is 177 Å². The minimum atomic E-state index is -0.0534. The lowest BCUT2D eigenvalue weighted by Crippen LogP contribution is -2.45. The van der Waals surface area contributed by atoms with Crippen LogP contribution in [0.2, 0.25) is 5.02 Å². The van der Waals surface area contributed by atoms with Crippen molar-refractivity contribution in [2.45, 2.75) is 18.4 Å². The lowest BCUT2D eigenvalue weighted by Gasteiger charge is -2.37. The lowest BCUT2D eigenvalue weighted by molar-refractivity contribution is 0.152. The SMILES string of the molecule is CN1CCN(CCC2C(=S)NC(c3cc(Cl)ccc3N)c3ccccc32)CC1. The molecule has 2 aromatic carbocycles. The van der Waals surface area contributed by atoms with Gasteiger partial charge in [-0.05, 0) is 49.3 Å². The molecule has 2 atom stereocenters. The van der Waals surface area contributed by atoms with Crippen molar-refractivity contribution in [3.8, 4) is 0 Å². The fourth-order valence-corrected chi connectivity index (χ4v) is 4.81. The monoisotopic (exact) mass is 414 g/mol. The maximum Gasteiger partial charge on any atom is 0.0837 e. The molecule has 1 saturated heterocycles. The Kier molecular flexibility index (Phi) is 5.88. The van der Waals surface area contributed by atoms with E-state index in [1.807, 2.05) is 18.2 Å². The first kappa shape index (κ1) is 19.6. The van der Waals surface area contributed by atoms with Crippen LogP contribution in [0.15, 0.2) is 42.5 Å². The minimum Gasteiger partial charge on any atom is -0.398 e. The van der Waals surface area contributed by atoms with Crippen LogP contribution in [0.3, 0.4) is 0 Å². The van der Waals surface area contributed by atoms with Crippen LogP contribution in [-0.2, 0) is 0 Å². The van der Waals surface area contributed by atoms with E-state index in [1.165, 1.54) is 11.1 Å². The van der Waals surface area contributed by atoms with Crippen LogP contribution in [0.4, 0.5) is 5.69 Å². The third-order valence-corrected chi connectivity index (χ3v) is 6.61. The molecule has 2 aliphatic rings. The van der Waals surface area contributed by atoms with E-state index in [0.29, 0.717) is 5.02 Å². The van der Waals surface area contributed by atoms with Crippen molar-refractivity contribution in [1.82, 2.24) is 15.1 Å². The molecule has 2 aliphatic heterocycles. The number of likely N-dealkylation sites (N-methyl/N-ethyl adjacent to an activating group) is 1. The Hall–Kier alpha value is -1.66. The summed E-state index contributed by atoms with van der Waals surface area (Å²) in [5.41, 5.74) is 10.5. The molecule has 0 radical (unpaired) electrons. The summed E-state index contributed by atoms with van der Waals surface area (Å²) in [6.07, 6.45) is 1.03. The first-order valence-corrected chi connectivity index (χ1v) is 10.7. The molecule has 3 N–H and O–H groups in total. The molecule has 4 rings (SSSR count). The van der Waals surface area contributed by atoms with Gasteiger partial charge in [-0.3, -0.25) is 0 Å². The van der Waals surface area contributed by atoms with Gasteiger partial charge in [0.1, 0.15) is 0 Å². The van der Waals surface area contributed by atoms with E-state index < -0.39 is 0 Å². The molecule has 0 aliphatic carbocycles. The summed E-state index contributed by atoms with van der Waals surface area (Å²) in [4.78, 5) is 5.84. The number of rotatable bonds is 4. The van der Waals surface area contributed by atoms with Crippen LogP contribution in [0.5, 0.6) is 0 Å². The summed E-state index contributed by atoms with van der Waals surface area (Å²) in [5, 5.41) is 4.25. The molecule has 148 valence electrons. The van der Waals surface area contributed by atoms with Crippen molar-refractivity contribution in [1.29, 1.82) is 0 Å². The van der Waals surface area contributed by atoms with Crippen molar-refractivity contribution in [3.63, 3.8) is 0 Å². The zero-order valence-corrected chi connectivity index (χ0v) is 17.8. The zero-order chi connectivity index (χ0) is 19.7. The van der Waals surface area contributed by atoms with Crippen LogP contribution in [0, 0.1) is 0 Å². The Balaban J connectivity index is 1.58. The molecule has 0 aromatic heterocycles. The number of anilines is 1. The van der Waals surface area contributed by atoms with Crippen molar-refractivity contribution in [2.75, 3.05) is 45.5 Å². The van der Waals surface area contributed by atoms with Gasteiger partial charge < -0.3 is 20.9 Å². The van der Waals surface area contributed by atoms with Gasteiger partial charge in [0.15, 0.2) is 0 Å². The van der Waals surface area contributed by atoms with E-state index in [2.05, 4.69) is 46.4 Å². The molecule has 0 saturated carbocycles. The van der Waals surface area contributed by atoms with Crippen LogP contribution in [0.25, 0.3) is 0 Å². The minimum absolute atomic E-state index is 0.0534. The van der Waals surface area contributed by atoms with Crippen LogP contribution in [0.1, 0.15) is 35.1 Å². The van der Waals surface area contributed by atoms with E-state index in [-0.39, 0.29) is 12.0 Å². The molecule has 0 bridgehead atoms. The van der Waals surface area contributed by atoms with Gasteiger partial charge >= 0.3 is 0 Å². The summed E-state index contributed by atoms with van der Waals surface area (Å²) in [6.45, 7) is 5.61. The number of nitrogens with two attached hydrogens (primary N) is 1. The second kappa shape index (κ2) is 8.37. The standard InChI is InChI=1S/C22H27ClN4S/c1-26-10-12-27(13-11-26)9-8-18-16-4-2-3-5-17(16)21(25-22(18)28)19-14-15(23)6-7-20(19)24/h2-7,14,18,21H,8-13,24H2,1H3,(H,25,28). The highest BCUT2D eigenvalue weighted by Crippen LogP contribution is 2.39. The number of nitrogens with one attached hydrogen (secondary N) is 1. The fraction of sp³-hybridized carbons (Fsp3) is 0.409. The molecule has 0 amide bonds. The largest absolute Gasteiger partial charge is 0.398 e. The van der Waals surface area contributed by atoms with Crippen molar-refractivity contribution >= 4 is 34.5 Å². The highest BCUT2D eigenvalue weighted by Gasteiger charge is 2.32. The molecule has 0 spiro atoms. The number of benzene rings is 2. The van der Waals surface area contributed by atoms with Gasteiger partial charge in [0.25, 0.3) is 0 Å². The molecule has 4 nitrogen and oxygen atoms in total. The summed E-state index contributed by atoms with van der Waals surface area (Å²) in [5.74, 6) is 0.238. The van der Waals surface area contributed by atoms with E-state index in [0.717, 1.165) is 55.4 Å². The third kappa shape index (κ3) is 4.03. The zero-order valence-electron chi connectivity index (χ0n) is 16.2. The van der Waals surface area contributed by atoms with E-state index in [9.17, 15) is 0 Å². The molecule has 28 heavy (non-hydrogen) atoms. The average Bonchev–Trinajstić information content (AvgIpc) is 2.70. The predicted octanol–water partition coefficient (Wildman–Crippen LogP) is 3.66. The van der Waals surface area contributed by atoms with E-state index >= 15 is 0 Å². The van der Waals surface area contributed by atoms with Crippen molar-refractivity contribution in [2.24, 2.45) is 0 Å². The van der Waals surface area contributed by atoms with Gasteiger partial charge in [-0.2, -0.15) is 0 Å². The number of nitrogen functional groups attached to an aromatic ring is 1. The highest BCUT2D eigenvalue weighted by molar-refractivity contribution is 7.80. The smallest absolute Gasteiger partial charge is 0.0837 e. The van der Waals surface area contributed by atoms with E-state index in [4.69, 9.17) is 29.6 Å². The molecular weight excluding hydrogens is 388 g/mol. The van der Waals surface area contributed by atoms with Gasteiger partial charge in [0, 0.05) is 48.4 Å². The van der Waals surface area contributed by atoms with Crippen LogP contribution < -0.4 is 11.1 Å². The first-order valence-electron chi connectivity index (χ1n) is 9.88. The van der Waals surface area contributed by atoms with Gasteiger partial charge in [-0.25, -0.2) is 0 Å². The summed E-state index contributed by atoms with van der Waals surface area (Å²) >= 11 is 12.1. The molecule has 2 unspecified atom stereocenters. The Morgan fingerprint density at radius 1 is 1.07 bits per heavy atom. The molecule has 6 heteroatoms. The van der Waals surface area contributed by atoms with Crippen molar-refractivity contribution < 1.29 is 0 Å². The number of hydrogen-bond acceptors (Lipinski definition) is 4. The maximum absolute atomic E-state index is 6.27. The normalized spacial score (nSPS) is 23.3. The fourth-order valence-electron chi connectivity index (χ4n) is 4.26. The summed E-state index contributed by atoms with van der Waals surface area (Å²) in [7, 11) is 2.19. The van der Waals surface area contributed by atoms with Crippen LogP contribution in [-0.4, -0.2) is 54.6 Å². The second-order valence-electron chi connectivity index (χ2n) is 7.83. The number of nitrogens with zero attached hydrogens (tertiary/aromatic N) is 2. The highest BCUT2D eigenvalue weighted by atomic mass is 35.5. The maximum atomic E-state index is 6.27. The second-order valence-corrected chi connectivity index (χ2v) is 8.71. The van der Waals surface area contributed by atoms with Gasteiger partial charge in [0.05, 0.1) is 11.0 Å². The molecular formula is C22H27ClN4S. The van der Waals surface area contributed by atoms with Gasteiger partial charge in [-0.1, -0.05) is 48.1 Å². The van der Waals surface area contributed by atoms with Gasteiger partial charge in [-0.15, -0.1) is 0 Å². The Morgan fingerprint density at radius 2 is 1.79 bits per heavy atom. The number of halogens is 1. The molecule has 2 aromatic rings. The number of thiocarbonyl (C=S) groups is 1. The molecule has 2 heterocycles. The average molecular weight is 415 g/mol. The number of fused-ring (bicyclic) bond motifs is 1. The van der Waals surface area contributed by atoms with Crippen molar-refractivity contribution in [3.05, 3.63) is 64.2 Å². The topological polar surface area (TPSA) is 44.5 Å². The predicted molar refractivity (Wildman–Crippen MR) is 121 cm³/mol. The van der Waals surface area contributed by atoms with Crippen LogP contribution >= 0.6 is 23.8 Å². The molecule has 1 fully saturated rings. The van der Waals surface area contributed by atoms with E-state index in [1.54, 1.807) is 0 Å². The third-order valence-electron chi connectivity index (χ3n) is 5.98. The number of piperazine rings is 1. The Bertz CT molecular complexity index is 863. The summed E-state index contributed by atoms with van der Waals surface area (Å²) in [6, 6.07) is 14.2. The van der Waals surface area contributed by atoms with Gasteiger partial charge in [0.2, 0.25) is 0 Å². The summed E-state index contributed by atoms with van der Waals surface area (Å²) < 4.78 is 0. The number of hydrogen-bond donors (Lipinski definition) is 2.